The summed E-state index contributed by atoms with van der Waals surface area (Å²) >= 11 is 0. The van der Waals surface area contributed by atoms with Gasteiger partial charge in [0.25, 0.3) is 5.91 Å². The first-order chi connectivity index (χ1) is 12.5. The van der Waals surface area contributed by atoms with Crippen molar-refractivity contribution >= 4 is 17.7 Å². The predicted molar refractivity (Wildman–Crippen MR) is 97.7 cm³/mol. The van der Waals surface area contributed by atoms with Crippen molar-refractivity contribution in [1.82, 2.24) is 20.0 Å². The van der Waals surface area contributed by atoms with E-state index in [4.69, 9.17) is 0 Å². The largest absolute Gasteiger partial charge is 0.348 e. The van der Waals surface area contributed by atoms with Crippen LogP contribution in [0.3, 0.4) is 0 Å². The molecule has 7 nitrogen and oxygen atoms in total. The molecule has 2 aliphatic heterocycles. The Bertz CT molecular complexity index is 704. The molecule has 2 heterocycles. The number of hydrogen-bond donors (Lipinski definition) is 1. The van der Waals surface area contributed by atoms with E-state index in [9.17, 15) is 14.4 Å². The van der Waals surface area contributed by atoms with Gasteiger partial charge in [-0.15, -0.1) is 0 Å². The number of amides is 3. The van der Waals surface area contributed by atoms with E-state index in [2.05, 4.69) is 10.2 Å². The van der Waals surface area contributed by atoms with Gasteiger partial charge in [-0.05, 0) is 18.1 Å². The zero-order valence-corrected chi connectivity index (χ0v) is 15.4. The Labute approximate surface area is 153 Å². The fraction of sp³-hybridized carbons (Fsp3) is 0.526. The smallest absolute Gasteiger partial charge is 0.252 e. The van der Waals surface area contributed by atoms with Crippen molar-refractivity contribution < 1.29 is 14.4 Å². The summed E-state index contributed by atoms with van der Waals surface area (Å²) in [5.41, 5.74) is 1.57. The maximum Gasteiger partial charge on any atom is 0.252 e. The normalized spacial score (nSPS) is 20.8. The number of fused-ring (bicyclic) bond motifs is 1. The van der Waals surface area contributed by atoms with E-state index in [-0.39, 0.29) is 17.7 Å². The number of benzene rings is 1. The molecule has 0 radical (unpaired) electrons. The van der Waals surface area contributed by atoms with Crippen molar-refractivity contribution in [2.45, 2.75) is 18.9 Å². The number of nitrogens with one attached hydrogen (secondary N) is 1. The Hall–Kier alpha value is -2.41. The van der Waals surface area contributed by atoms with Crippen LogP contribution in [0.1, 0.15) is 22.3 Å². The molecular formula is C19H26N4O3. The third kappa shape index (κ3) is 4.04. The van der Waals surface area contributed by atoms with Gasteiger partial charge < -0.3 is 15.1 Å². The molecule has 140 valence electrons. The van der Waals surface area contributed by atoms with Crippen molar-refractivity contribution in [3.05, 3.63) is 35.4 Å². The second-order valence-electron chi connectivity index (χ2n) is 7.13. The molecule has 0 aliphatic carbocycles. The van der Waals surface area contributed by atoms with Gasteiger partial charge in [-0.25, -0.2) is 0 Å². The molecule has 3 amide bonds. The maximum atomic E-state index is 12.9. The van der Waals surface area contributed by atoms with E-state index in [1.807, 2.05) is 23.1 Å². The highest BCUT2D eigenvalue weighted by Gasteiger charge is 2.32. The minimum atomic E-state index is -0.507. The van der Waals surface area contributed by atoms with Crippen LogP contribution in [0.4, 0.5) is 0 Å². The van der Waals surface area contributed by atoms with Crippen molar-refractivity contribution in [2.24, 2.45) is 0 Å². The predicted octanol–water partition coefficient (Wildman–Crippen LogP) is -0.0364. The quantitative estimate of drug-likeness (QED) is 0.823. The minimum absolute atomic E-state index is 0.0337. The summed E-state index contributed by atoms with van der Waals surface area (Å²) in [4.78, 5) is 42.6. The summed E-state index contributed by atoms with van der Waals surface area (Å²) < 4.78 is 0. The second kappa shape index (κ2) is 7.86. The van der Waals surface area contributed by atoms with Gasteiger partial charge in [-0.3, -0.25) is 19.3 Å². The van der Waals surface area contributed by atoms with Crippen LogP contribution in [0.2, 0.25) is 0 Å². The lowest BCUT2D eigenvalue weighted by Gasteiger charge is -2.30. The number of carbonyl (C=O) groups is 3. The molecule has 2 aliphatic rings. The minimum Gasteiger partial charge on any atom is -0.348 e. The fourth-order valence-electron chi connectivity index (χ4n) is 3.48. The number of carbonyl (C=O) groups excluding carboxylic acids is 3. The van der Waals surface area contributed by atoms with Crippen LogP contribution in [0.25, 0.3) is 0 Å². The zero-order valence-electron chi connectivity index (χ0n) is 15.4. The summed E-state index contributed by atoms with van der Waals surface area (Å²) in [6, 6.07) is 6.92. The van der Waals surface area contributed by atoms with Crippen LogP contribution in [0.15, 0.2) is 24.3 Å². The summed E-state index contributed by atoms with van der Waals surface area (Å²) in [6.07, 6.45) is 1.35. The zero-order chi connectivity index (χ0) is 18.7. The monoisotopic (exact) mass is 358 g/mol. The molecule has 3 rings (SSSR count). The first-order valence-electron chi connectivity index (χ1n) is 9.06. The van der Waals surface area contributed by atoms with E-state index in [0.29, 0.717) is 38.2 Å². The Morgan fingerprint density at radius 3 is 2.69 bits per heavy atom. The molecule has 26 heavy (non-hydrogen) atoms. The molecule has 1 saturated heterocycles. The Morgan fingerprint density at radius 1 is 1.15 bits per heavy atom. The highest BCUT2D eigenvalue weighted by atomic mass is 16.2. The van der Waals surface area contributed by atoms with Crippen LogP contribution in [-0.2, 0) is 16.0 Å². The van der Waals surface area contributed by atoms with Crippen LogP contribution < -0.4 is 5.32 Å². The Balaban J connectivity index is 1.61. The van der Waals surface area contributed by atoms with Crippen LogP contribution in [0.5, 0.6) is 0 Å². The molecule has 1 aromatic rings. The van der Waals surface area contributed by atoms with Gasteiger partial charge in [0, 0.05) is 52.3 Å². The van der Waals surface area contributed by atoms with E-state index < -0.39 is 6.04 Å². The Morgan fingerprint density at radius 2 is 1.92 bits per heavy atom. The van der Waals surface area contributed by atoms with E-state index in [1.54, 1.807) is 25.1 Å². The van der Waals surface area contributed by atoms with Gasteiger partial charge >= 0.3 is 0 Å². The molecule has 0 unspecified atom stereocenters. The van der Waals surface area contributed by atoms with Gasteiger partial charge in [0.2, 0.25) is 11.8 Å². The van der Waals surface area contributed by atoms with Crippen molar-refractivity contribution in [1.29, 1.82) is 0 Å². The molecule has 0 bridgehead atoms. The van der Waals surface area contributed by atoms with E-state index in [1.165, 1.54) is 0 Å². The van der Waals surface area contributed by atoms with E-state index >= 15 is 0 Å². The first kappa shape index (κ1) is 18.4. The SMILES string of the molecule is CN(C)C(=O)CN1CCCN(C(=O)[C@@H]2Cc3ccccc3C(=O)N2)CC1. The molecule has 1 N–H and O–H groups in total. The summed E-state index contributed by atoms with van der Waals surface area (Å²) in [5, 5.41) is 2.84. The summed E-state index contributed by atoms with van der Waals surface area (Å²) in [5.74, 6) is -0.146. The lowest BCUT2D eigenvalue weighted by atomic mass is 9.94. The topological polar surface area (TPSA) is 73.0 Å². The van der Waals surface area contributed by atoms with Gasteiger partial charge in [-0.1, -0.05) is 18.2 Å². The molecule has 1 atom stereocenters. The number of rotatable bonds is 3. The van der Waals surface area contributed by atoms with Crippen LogP contribution >= 0.6 is 0 Å². The van der Waals surface area contributed by atoms with Crippen molar-refractivity contribution in [2.75, 3.05) is 46.8 Å². The third-order valence-electron chi connectivity index (χ3n) is 5.05. The first-order valence-corrected chi connectivity index (χ1v) is 9.06. The molecular weight excluding hydrogens is 332 g/mol. The average molecular weight is 358 g/mol. The molecule has 0 spiro atoms. The van der Waals surface area contributed by atoms with Gasteiger partial charge in [0.15, 0.2) is 0 Å². The van der Waals surface area contributed by atoms with Crippen molar-refractivity contribution in [3.63, 3.8) is 0 Å². The molecule has 1 aromatic carbocycles. The lowest BCUT2D eigenvalue weighted by molar-refractivity contribution is -0.133. The highest BCUT2D eigenvalue weighted by Crippen LogP contribution is 2.18. The number of hydrogen-bond acceptors (Lipinski definition) is 4. The molecule has 1 fully saturated rings. The molecule has 0 saturated carbocycles. The van der Waals surface area contributed by atoms with Crippen LogP contribution in [-0.4, -0.2) is 85.3 Å². The van der Waals surface area contributed by atoms with E-state index in [0.717, 1.165) is 18.5 Å². The number of likely N-dealkylation sites (N-methyl/N-ethyl adjacent to an activating group) is 1. The highest BCUT2D eigenvalue weighted by molar-refractivity contribution is 6.00. The molecule has 7 heteroatoms. The third-order valence-corrected chi connectivity index (χ3v) is 5.05. The second-order valence-corrected chi connectivity index (χ2v) is 7.13. The average Bonchev–Trinajstić information content (AvgIpc) is 2.86. The fourth-order valence-corrected chi connectivity index (χ4v) is 3.48. The van der Waals surface area contributed by atoms with Gasteiger partial charge in [-0.2, -0.15) is 0 Å². The van der Waals surface area contributed by atoms with Crippen molar-refractivity contribution in [3.8, 4) is 0 Å². The summed E-state index contributed by atoms with van der Waals surface area (Å²) in [6.45, 7) is 3.07. The standard InChI is InChI=1S/C19H26N4O3/c1-21(2)17(24)13-22-8-5-9-23(11-10-22)19(26)16-12-14-6-3-4-7-15(14)18(25)20-16/h3-4,6-7,16H,5,8-13H2,1-2H3,(H,20,25)/t16-/m0/s1. The summed E-state index contributed by atoms with van der Waals surface area (Å²) in [7, 11) is 3.50. The van der Waals surface area contributed by atoms with Crippen LogP contribution in [0, 0.1) is 0 Å². The number of nitrogens with zero attached hydrogens (tertiary/aromatic N) is 3. The maximum absolute atomic E-state index is 12.9. The van der Waals surface area contributed by atoms with Gasteiger partial charge in [0.1, 0.15) is 6.04 Å². The molecule has 0 aromatic heterocycles. The lowest BCUT2D eigenvalue weighted by Crippen LogP contribution is -2.52. The Kier molecular flexibility index (Phi) is 5.56. The van der Waals surface area contributed by atoms with Gasteiger partial charge in [0.05, 0.1) is 6.54 Å².